The van der Waals surface area contributed by atoms with Crippen LogP contribution in [0.25, 0.3) is 0 Å². The molecule has 11 atom stereocenters. The number of hydrogen-bond acceptors (Lipinski definition) is 14. The van der Waals surface area contributed by atoms with Crippen molar-refractivity contribution in [1.82, 2.24) is 0 Å². The summed E-state index contributed by atoms with van der Waals surface area (Å²) in [7, 11) is 0. The first-order valence-corrected chi connectivity index (χ1v) is 26.2. The third-order valence-electron chi connectivity index (χ3n) is 12.4. The van der Waals surface area contributed by atoms with E-state index >= 15 is 0 Å². The maximum atomic E-state index is 13.0. The Hall–Kier alpha value is -2.05. The molecule has 2 heterocycles. The molecule has 67 heavy (non-hydrogen) atoms. The van der Waals surface area contributed by atoms with Crippen molar-refractivity contribution < 1.29 is 69.0 Å². The van der Waals surface area contributed by atoms with Gasteiger partial charge in [-0.2, -0.15) is 0 Å². The van der Waals surface area contributed by atoms with Crippen LogP contribution in [0.2, 0.25) is 0 Å². The summed E-state index contributed by atoms with van der Waals surface area (Å²) in [5.74, 6) is -0.387. The molecule has 0 radical (unpaired) electrons. The molecule has 0 amide bonds. The lowest BCUT2D eigenvalue weighted by Gasteiger charge is -2.42. The van der Waals surface area contributed by atoms with Crippen LogP contribution in [0.4, 0.5) is 0 Å². The normalized spacial score (nSPS) is 26.5. The van der Waals surface area contributed by atoms with Crippen molar-refractivity contribution in [3.8, 4) is 0 Å². The van der Waals surface area contributed by atoms with Gasteiger partial charge in [0.25, 0.3) is 0 Å². The molecule has 7 N–H and O–H groups in total. The Morgan fingerprint density at radius 1 is 0.507 bits per heavy atom. The minimum atomic E-state index is -1.71. The highest BCUT2D eigenvalue weighted by Crippen LogP contribution is 2.26. The van der Waals surface area contributed by atoms with Gasteiger partial charge in [0.05, 0.1) is 26.4 Å². The van der Waals surface area contributed by atoms with Gasteiger partial charge in [0.1, 0.15) is 54.9 Å². The van der Waals surface area contributed by atoms with Crippen molar-refractivity contribution in [2.24, 2.45) is 0 Å². The quantitative estimate of drug-likeness (QED) is 0.0176. The summed E-state index contributed by atoms with van der Waals surface area (Å²) in [6.45, 7) is 3.50. The summed E-state index contributed by atoms with van der Waals surface area (Å²) in [5, 5.41) is 72.1. The van der Waals surface area contributed by atoms with Gasteiger partial charge in [0.15, 0.2) is 12.6 Å². The van der Waals surface area contributed by atoms with Crippen LogP contribution >= 0.6 is 0 Å². The lowest BCUT2D eigenvalue weighted by atomic mass is 9.98. The van der Waals surface area contributed by atoms with Gasteiger partial charge in [-0.3, -0.25) is 4.79 Å². The predicted octanol–water partition coefficient (Wildman–Crippen LogP) is 7.96. The molecule has 0 bridgehead atoms. The van der Waals surface area contributed by atoms with Gasteiger partial charge in [0.2, 0.25) is 0 Å². The second-order valence-corrected chi connectivity index (χ2v) is 18.3. The summed E-state index contributed by atoms with van der Waals surface area (Å²) in [4.78, 5) is 13.0. The lowest BCUT2D eigenvalue weighted by molar-refractivity contribution is -0.332. The molecule has 0 spiro atoms. The number of carbonyl (C=O) groups excluding carboxylic acids is 1. The van der Waals surface area contributed by atoms with Crippen LogP contribution < -0.4 is 0 Å². The SMILES string of the molecule is CC/C=C\C/C=C\C/C=C\C/C=C\CCCCCOCC(COC1OC(COC2OC(CO)C(O)C(O)C2O)C(O)C(O)C1O)OC(=O)CCCCCCCCCCCCCCCCCCC. The van der Waals surface area contributed by atoms with E-state index in [4.69, 9.17) is 28.4 Å². The fourth-order valence-electron chi connectivity index (χ4n) is 8.10. The molecule has 0 aromatic carbocycles. The molecule has 14 nitrogen and oxygen atoms in total. The molecule has 2 aliphatic rings. The molecule has 11 unspecified atom stereocenters. The van der Waals surface area contributed by atoms with Crippen LogP contribution in [-0.2, 0) is 33.2 Å². The molecule has 390 valence electrons. The first kappa shape index (κ1) is 61.1. The zero-order valence-corrected chi connectivity index (χ0v) is 41.4. The molecule has 0 saturated carbocycles. The molecule has 14 heteroatoms. The van der Waals surface area contributed by atoms with Gasteiger partial charge in [-0.05, 0) is 51.4 Å². The minimum Gasteiger partial charge on any atom is -0.457 e. The summed E-state index contributed by atoms with van der Waals surface area (Å²) in [6, 6.07) is 0. The van der Waals surface area contributed by atoms with Crippen molar-refractivity contribution in [3.63, 3.8) is 0 Å². The smallest absolute Gasteiger partial charge is 0.306 e. The monoisotopic (exact) mass is 955 g/mol. The van der Waals surface area contributed by atoms with Gasteiger partial charge in [-0.25, -0.2) is 0 Å². The standard InChI is InChI=1S/C53H94O14/c1-3-5-7-9-11-13-15-17-19-21-22-24-26-28-30-32-34-36-45(55)65-42(39-62-37-35-33-31-29-27-25-23-20-18-16-14-12-10-8-6-4-2)40-63-52-51(61)49(59)47(57)44(67-52)41-64-53-50(60)48(58)46(56)43(38-54)66-53/h6,8,12,14,18,20,25,27,42-44,46-54,56-61H,3-5,7,9-11,13,15-17,19,21-24,26,28-41H2,1-2H3/b8-6-,14-12-,20-18-,27-25-. The highest BCUT2D eigenvalue weighted by Gasteiger charge is 2.47. The number of carbonyl (C=O) groups is 1. The molecule has 2 rings (SSSR count). The first-order chi connectivity index (χ1) is 32.6. The number of esters is 1. The van der Waals surface area contributed by atoms with Gasteiger partial charge in [-0.15, -0.1) is 0 Å². The fraction of sp³-hybridized carbons (Fsp3) is 0.830. The Balaban J connectivity index is 1.77. The third-order valence-corrected chi connectivity index (χ3v) is 12.4. The molecule has 0 aromatic heterocycles. The molecule has 0 aromatic rings. The highest BCUT2D eigenvalue weighted by atomic mass is 16.7. The van der Waals surface area contributed by atoms with E-state index in [9.17, 15) is 40.5 Å². The largest absolute Gasteiger partial charge is 0.457 e. The number of rotatable bonds is 41. The lowest BCUT2D eigenvalue weighted by Crippen LogP contribution is -2.61. The van der Waals surface area contributed by atoms with Crippen molar-refractivity contribution in [2.45, 2.75) is 248 Å². The highest BCUT2D eigenvalue weighted by molar-refractivity contribution is 5.69. The van der Waals surface area contributed by atoms with Crippen LogP contribution in [0.3, 0.4) is 0 Å². The van der Waals surface area contributed by atoms with Crippen LogP contribution in [0.5, 0.6) is 0 Å². The molecule has 2 fully saturated rings. The van der Waals surface area contributed by atoms with Gasteiger partial charge in [-0.1, -0.05) is 172 Å². The van der Waals surface area contributed by atoms with Gasteiger partial charge >= 0.3 is 5.97 Å². The van der Waals surface area contributed by atoms with E-state index in [-0.39, 0.29) is 25.6 Å². The Labute approximate surface area is 403 Å². The van der Waals surface area contributed by atoms with E-state index < -0.39 is 80.7 Å². The number of aliphatic hydroxyl groups is 7. The maximum absolute atomic E-state index is 13.0. The molecule has 2 saturated heterocycles. The van der Waals surface area contributed by atoms with Crippen LogP contribution in [0, 0.1) is 0 Å². The Bertz CT molecular complexity index is 1290. The fourth-order valence-corrected chi connectivity index (χ4v) is 8.10. The van der Waals surface area contributed by atoms with E-state index in [1.54, 1.807) is 0 Å². The average Bonchev–Trinajstić information content (AvgIpc) is 3.32. The van der Waals surface area contributed by atoms with E-state index in [2.05, 4.69) is 62.5 Å². The summed E-state index contributed by atoms with van der Waals surface area (Å²) in [6.07, 6.45) is 30.3. The second kappa shape index (κ2) is 40.7. The van der Waals surface area contributed by atoms with Crippen LogP contribution in [0.1, 0.15) is 181 Å². The van der Waals surface area contributed by atoms with Crippen molar-refractivity contribution in [3.05, 3.63) is 48.6 Å². The van der Waals surface area contributed by atoms with E-state index in [0.29, 0.717) is 13.0 Å². The second-order valence-electron chi connectivity index (χ2n) is 18.3. The summed E-state index contributed by atoms with van der Waals surface area (Å²) in [5.41, 5.74) is 0. The van der Waals surface area contributed by atoms with E-state index in [0.717, 1.165) is 70.6 Å². The maximum Gasteiger partial charge on any atom is 0.306 e. The number of allylic oxidation sites excluding steroid dienone is 8. The van der Waals surface area contributed by atoms with Gasteiger partial charge < -0.3 is 64.2 Å². The minimum absolute atomic E-state index is 0.0410. The molecular weight excluding hydrogens is 861 g/mol. The Morgan fingerprint density at radius 3 is 1.51 bits per heavy atom. The number of hydrogen-bond donors (Lipinski definition) is 7. The predicted molar refractivity (Wildman–Crippen MR) is 261 cm³/mol. The van der Waals surface area contributed by atoms with Crippen LogP contribution in [0.15, 0.2) is 48.6 Å². The van der Waals surface area contributed by atoms with Gasteiger partial charge in [0, 0.05) is 13.0 Å². The third kappa shape index (κ3) is 28.4. The Morgan fingerprint density at radius 2 is 0.970 bits per heavy atom. The van der Waals surface area contributed by atoms with E-state index in [1.807, 2.05) is 0 Å². The van der Waals surface area contributed by atoms with Crippen LogP contribution in [-0.4, -0.2) is 142 Å². The van der Waals surface area contributed by atoms with E-state index in [1.165, 1.54) is 83.5 Å². The zero-order chi connectivity index (χ0) is 48.7. The van der Waals surface area contributed by atoms with Crippen molar-refractivity contribution in [1.29, 1.82) is 0 Å². The zero-order valence-electron chi connectivity index (χ0n) is 41.4. The topological polar surface area (TPSA) is 214 Å². The number of unbranched alkanes of at least 4 members (excludes halogenated alkanes) is 19. The average molecular weight is 955 g/mol. The number of ether oxygens (including phenoxy) is 6. The molecular formula is C53H94O14. The number of aliphatic hydroxyl groups excluding tert-OH is 7. The molecule has 2 aliphatic heterocycles. The summed E-state index contributed by atoms with van der Waals surface area (Å²) >= 11 is 0. The summed E-state index contributed by atoms with van der Waals surface area (Å²) < 4.78 is 34.2. The first-order valence-electron chi connectivity index (χ1n) is 26.2. The molecule has 0 aliphatic carbocycles. The van der Waals surface area contributed by atoms with Crippen molar-refractivity contribution in [2.75, 3.05) is 33.0 Å². The Kier molecular flexibility index (Phi) is 37.1. The van der Waals surface area contributed by atoms with Crippen molar-refractivity contribution >= 4 is 5.97 Å².